The highest BCUT2D eigenvalue weighted by molar-refractivity contribution is 5.77. The first-order valence-corrected chi connectivity index (χ1v) is 12.4. The number of hydrogen-bond donors (Lipinski definition) is 1. The summed E-state index contributed by atoms with van der Waals surface area (Å²) < 4.78 is 3.70. The summed E-state index contributed by atoms with van der Waals surface area (Å²) in [5, 5.41) is 11.4. The molecular formula is C27H32N10. The van der Waals surface area contributed by atoms with Crippen LogP contribution in [0.4, 0.5) is 11.8 Å². The van der Waals surface area contributed by atoms with Crippen molar-refractivity contribution in [2.24, 2.45) is 7.05 Å². The number of hydrogen-bond acceptors (Lipinski definition) is 8. The molecule has 1 aromatic carbocycles. The molecule has 190 valence electrons. The van der Waals surface area contributed by atoms with E-state index in [2.05, 4.69) is 70.6 Å². The SMILES string of the molecule is CNC.Cn1cc(-c2cc3c(N4CCN(c5ncc(Cc6ccccc6)cn5)CC4)ncnn3c2)cn1. The Balaban J connectivity index is 0.000000892. The first kappa shape index (κ1) is 24.4. The average Bonchev–Trinajstić information content (AvgIpc) is 3.56. The standard InChI is InChI=1S/C25H25N9.C2H7N/c1-31-16-22(15-29-31)21-12-23-24(28-18-30-34(23)17-21)32-7-9-33(10-8-32)25-26-13-20(14-27-25)11-19-5-3-2-4-6-19;1-3-2/h2-6,12-18H,7-11H2,1H3;3H,1-2H3. The second kappa shape index (κ2) is 11.2. The minimum absolute atomic E-state index is 0.783. The Labute approximate surface area is 216 Å². The van der Waals surface area contributed by atoms with Crippen molar-refractivity contribution in [1.82, 2.24) is 39.7 Å². The Kier molecular flexibility index (Phi) is 7.36. The fourth-order valence-electron chi connectivity index (χ4n) is 4.44. The van der Waals surface area contributed by atoms with Gasteiger partial charge in [-0.15, -0.1) is 0 Å². The van der Waals surface area contributed by atoms with Gasteiger partial charge >= 0.3 is 0 Å². The number of anilines is 2. The van der Waals surface area contributed by atoms with Gasteiger partial charge < -0.3 is 15.1 Å². The summed E-state index contributed by atoms with van der Waals surface area (Å²) in [6.07, 6.45) is 12.2. The Morgan fingerprint density at radius 1 is 0.784 bits per heavy atom. The third kappa shape index (κ3) is 5.59. The van der Waals surface area contributed by atoms with Crippen LogP contribution in [0, 0.1) is 0 Å². The van der Waals surface area contributed by atoms with E-state index in [9.17, 15) is 0 Å². The van der Waals surface area contributed by atoms with Crippen LogP contribution in [0.1, 0.15) is 11.1 Å². The maximum atomic E-state index is 4.64. The monoisotopic (exact) mass is 496 g/mol. The lowest BCUT2D eigenvalue weighted by atomic mass is 10.1. The number of benzene rings is 1. The highest BCUT2D eigenvalue weighted by Gasteiger charge is 2.22. The minimum Gasteiger partial charge on any atom is -0.351 e. The molecule has 1 aliphatic rings. The third-order valence-electron chi connectivity index (χ3n) is 6.23. The van der Waals surface area contributed by atoms with E-state index in [1.54, 1.807) is 11.0 Å². The maximum Gasteiger partial charge on any atom is 0.225 e. The van der Waals surface area contributed by atoms with Crippen molar-refractivity contribution in [3.8, 4) is 11.1 Å². The van der Waals surface area contributed by atoms with Crippen LogP contribution >= 0.6 is 0 Å². The summed E-state index contributed by atoms with van der Waals surface area (Å²) >= 11 is 0. The Morgan fingerprint density at radius 3 is 2.16 bits per heavy atom. The number of rotatable bonds is 5. The van der Waals surface area contributed by atoms with E-state index in [1.807, 2.05) is 62.7 Å². The number of aromatic nitrogens is 7. The summed E-state index contributed by atoms with van der Waals surface area (Å²) in [6, 6.07) is 12.5. The first-order valence-electron chi connectivity index (χ1n) is 12.4. The minimum atomic E-state index is 0.783. The van der Waals surface area contributed by atoms with E-state index in [0.29, 0.717) is 0 Å². The highest BCUT2D eigenvalue weighted by Crippen LogP contribution is 2.27. The molecule has 0 unspecified atom stereocenters. The largest absolute Gasteiger partial charge is 0.351 e. The van der Waals surface area contributed by atoms with Crippen LogP contribution in [0.3, 0.4) is 0 Å². The number of fused-ring (bicyclic) bond motifs is 1. The second-order valence-corrected chi connectivity index (χ2v) is 9.07. The van der Waals surface area contributed by atoms with Gasteiger partial charge in [-0.2, -0.15) is 10.2 Å². The summed E-state index contributed by atoms with van der Waals surface area (Å²) in [5.74, 6) is 1.73. The molecule has 1 N–H and O–H groups in total. The molecule has 10 nitrogen and oxygen atoms in total. The van der Waals surface area contributed by atoms with Gasteiger partial charge in [-0.05, 0) is 31.3 Å². The summed E-state index contributed by atoms with van der Waals surface area (Å²) in [7, 11) is 5.67. The summed E-state index contributed by atoms with van der Waals surface area (Å²) in [4.78, 5) is 18.4. The fraction of sp³-hybridized carbons (Fsp3) is 0.296. The van der Waals surface area contributed by atoms with Gasteiger partial charge in [0.2, 0.25) is 5.95 Å². The van der Waals surface area contributed by atoms with Crippen LogP contribution < -0.4 is 15.1 Å². The van der Waals surface area contributed by atoms with Crippen LogP contribution in [-0.4, -0.2) is 74.6 Å². The van der Waals surface area contributed by atoms with Crippen molar-refractivity contribution >= 4 is 17.3 Å². The first-order chi connectivity index (χ1) is 18.1. The quantitative estimate of drug-likeness (QED) is 0.397. The zero-order valence-electron chi connectivity index (χ0n) is 21.5. The second-order valence-electron chi connectivity index (χ2n) is 9.07. The maximum absolute atomic E-state index is 4.64. The van der Waals surface area contributed by atoms with Gasteiger partial charge in [0.25, 0.3) is 0 Å². The number of nitrogens with zero attached hydrogens (tertiary/aromatic N) is 9. The molecule has 37 heavy (non-hydrogen) atoms. The van der Waals surface area contributed by atoms with Crippen LogP contribution in [0.2, 0.25) is 0 Å². The van der Waals surface area contributed by atoms with Crippen LogP contribution in [0.5, 0.6) is 0 Å². The van der Waals surface area contributed by atoms with E-state index in [4.69, 9.17) is 0 Å². The van der Waals surface area contributed by atoms with Crippen LogP contribution in [-0.2, 0) is 13.5 Å². The van der Waals surface area contributed by atoms with Crippen molar-refractivity contribution in [2.75, 3.05) is 50.1 Å². The van der Waals surface area contributed by atoms with E-state index >= 15 is 0 Å². The third-order valence-corrected chi connectivity index (χ3v) is 6.23. The van der Waals surface area contributed by atoms with Gasteiger partial charge in [0.15, 0.2) is 5.82 Å². The molecule has 4 aromatic heterocycles. The van der Waals surface area contributed by atoms with Gasteiger partial charge in [-0.25, -0.2) is 19.5 Å². The van der Waals surface area contributed by atoms with Crippen molar-refractivity contribution < 1.29 is 0 Å². The van der Waals surface area contributed by atoms with Crippen molar-refractivity contribution in [3.05, 3.63) is 84.8 Å². The zero-order valence-corrected chi connectivity index (χ0v) is 21.5. The van der Waals surface area contributed by atoms with E-state index in [-0.39, 0.29) is 0 Å². The predicted octanol–water partition coefficient (Wildman–Crippen LogP) is 2.67. The Hall–Kier alpha value is -4.31. The lowest BCUT2D eigenvalue weighted by Gasteiger charge is -2.35. The molecule has 0 bridgehead atoms. The number of piperazine rings is 1. The Morgan fingerprint density at radius 2 is 1.49 bits per heavy atom. The molecule has 10 heteroatoms. The van der Waals surface area contributed by atoms with Crippen LogP contribution in [0.25, 0.3) is 16.6 Å². The van der Waals surface area contributed by atoms with E-state index in [0.717, 1.165) is 66.6 Å². The smallest absolute Gasteiger partial charge is 0.225 e. The van der Waals surface area contributed by atoms with Crippen molar-refractivity contribution in [2.45, 2.75) is 6.42 Å². The average molecular weight is 497 g/mol. The zero-order chi connectivity index (χ0) is 25.6. The van der Waals surface area contributed by atoms with Gasteiger partial charge in [0.1, 0.15) is 11.8 Å². The molecule has 5 aromatic rings. The predicted molar refractivity (Wildman–Crippen MR) is 146 cm³/mol. The lowest BCUT2D eigenvalue weighted by Crippen LogP contribution is -2.47. The lowest BCUT2D eigenvalue weighted by molar-refractivity contribution is 0.633. The summed E-state index contributed by atoms with van der Waals surface area (Å²) in [6.45, 7) is 3.36. The van der Waals surface area contributed by atoms with E-state index in [1.165, 1.54) is 5.56 Å². The molecule has 0 radical (unpaired) electrons. The topological polar surface area (TPSA) is 92.3 Å². The number of nitrogens with one attached hydrogen (secondary N) is 1. The van der Waals surface area contributed by atoms with Gasteiger partial charge in [-0.1, -0.05) is 30.3 Å². The molecule has 0 spiro atoms. The van der Waals surface area contributed by atoms with Gasteiger partial charge in [0, 0.05) is 75.6 Å². The summed E-state index contributed by atoms with van der Waals surface area (Å²) in [5.41, 5.74) is 5.53. The molecule has 5 heterocycles. The van der Waals surface area contributed by atoms with E-state index < -0.39 is 0 Å². The molecule has 0 saturated carbocycles. The molecule has 0 atom stereocenters. The molecule has 1 fully saturated rings. The normalized spacial score (nSPS) is 13.5. The molecule has 0 amide bonds. The molecule has 0 aliphatic carbocycles. The van der Waals surface area contributed by atoms with Crippen molar-refractivity contribution in [1.29, 1.82) is 0 Å². The molecule has 1 aliphatic heterocycles. The highest BCUT2D eigenvalue weighted by atomic mass is 15.4. The van der Waals surface area contributed by atoms with Gasteiger partial charge in [0.05, 0.1) is 6.20 Å². The van der Waals surface area contributed by atoms with Crippen LogP contribution in [0.15, 0.2) is 73.7 Å². The molecule has 6 rings (SSSR count). The fourth-order valence-corrected chi connectivity index (χ4v) is 4.44. The Bertz CT molecular complexity index is 1420. The number of aryl methyl sites for hydroxylation is 1. The van der Waals surface area contributed by atoms with Crippen molar-refractivity contribution in [3.63, 3.8) is 0 Å². The van der Waals surface area contributed by atoms with Gasteiger partial charge in [-0.3, -0.25) is 4.68 Å². The molecular weight excluding hydrogens is 464 g/mol. The molecule has 1 saturated heterocycles.